The summed E-state index contributed by atoms with van der Waals surface area (Å²) >= 11 is 0. The third kappa shape index (κ3) is 3.02. The summed E-state index contributed by atoms with van der Waals surface area (Å²) in [4.78, 5) is 6.38. The van der Waals surface area contributed by atoms with Gasteiger partial charge in [0.15, 0.2) is 0 Å². The maximum Gasteiger partial charge on any atom is 0.149 e. The van der Waals surface area contributed by atoms with E-state index in [9.17, 15) is 4.39 Å². The van der Waals surface area contributed by atoms with Crippen molar-refractivity contribution in [3.05, 3.63) is 47.3 Å². The number of halogens is 1. The van der Waals surface area contributed by atoms with Crippen LogP contribution < -0.4 is 0 Å². The van der Waals surface area contributed by atoms with Crippen molar-refractivity contribution < 1.29 is 9.50 Å². The quantitative estimate of drug-likeness (QED) is 0.897. The van der Waals surface area contributed by atoms with Gasteiger partial charge in [0.25, 0.3) is 0 Å². The molecule has 0 saturated carbocycles. The normalized spacial score (nSPS) is 12.9. The van der Waals surface area contributed by atoms with Crippen LogP contribution in [0.2, 0.25) is 0 Å². The van der Waals surface area contributed by atoms with E-state index in [-0.39, 0.29) is 18.5 Å². The minimum Gasteiger partial charge on any atom is -0.394 e. The van der Waals surface area contributed by atoms with Crippen LogP contribution >= 0.6 is 0 Å². The summed E-state index contributed by atoms with van der Waals surface area (Å²) in [5.41, 5.74) is 0.807. The molecule has 0 saturated heterocycles. The van der Waals surface area contributed by atoms with Crippen LogP contribution in [-0.2, 0) is 6.54 Å². The van der Waals surface area contributed by atoms with Gasteiger partial charge in [0, 0.05) is 0 Å². The van der Waals surface area contributed by atoms with E-state index in [1.807, 2.05) is 25.1 Å². The first-order valence-electron chi connectivity index (χ1n) is 6.47. The van der Waals surface area contributed by atoms with Crippen LogP contribution in [-0.4, -0.2) is 45.5 Å². The highest BCUT2D eigenvalue weighted by Gasteiger charge is 2.23. The van der Waals surface area contributed by atoms with Gasteiger partial charge in [0.1, 0.15) is 17.5 Å². The molecule has 0 aliphatic heterocycles. The van der Waals surface area contributed by atoms with Crippen molar-refractivity contribution in [1.82, 2.24) is 19.7 Å². The van der Waals surface area contributed by atoms with E-state index in [1.165, 1.54) is 12.1 Å². The van der Waals surface area contributed by atoms with Crippen LogP contribution in [0.4, 0.5) is 4.39 Å². The van der Waals surface area contributed by atoms with Crippen molar-refractivity contribution >= 4 is 0 Å². The summed E-state index contributed by atoms with van der Waals surface area (Å²) in [7, 11) is 3.81. The number of benzene rings is 1. The minimum absolute atomic E-state index is 0.0148. The maximum atomic E-state index is 13.5. The Labute approximate surface area is 117 Å². The second kappa shape index (κ2) is 6.11. The van der Waals surface area contributed by atoms with Gasteiger partial charge in [0.05, 0.1) is 19.2 Å². The van der Waals surface area contributed by atoms with Crippen molar-refractivity contribution in [2.24, 2.45) is 0 Å². The van der Waals surface area contributed by atoms with Crippen LogP contribution in [0.3, 0.4) is 0 Å². The van der Waals surface area contributed by atoms with Crippen molar-refractivity contribution in [3.8, 4) is 0 Å². The summed E-state index contributed by atoms with van der Waals surface area (Å²) in [6, 6.07) is 6.25. The van der Waals surface area contributed by atoms with Crippen LogP contribution in [0.15, 0.2) is 24.3 Å². The number of aromatic nitrogens is 3. The van der Waals surface area contributed by atoms with Crippen molar-refractivity contribution in [3.63, 3.8) is 0 Å². The Morgan fingerprint density at radius 1 is 1.40 bits per heavy atom. The van der Waals surface area contributed by atoms with Crippen molar-refractivity contribution in [2.75, 3.05) is 20.7 Å². The lowest BCUT2D eigenvalue weighted by Crippen LogP contribution is -2.25. The first-order valence-corrected chi connectivity index (χ1v) is 6.47. The van der Waals surface area contributed by atoms with E-state index in [2.05, 4.69) is 10.1 Å². The molecule has 0 spiro atoms. The van der Waals surface area contributed by atoms with Gasteiger partial charge in [-0.1, -0.05) is 12.1 Å². The molecule has 2 rings (SSSR count). The van der Waals surface area contributed by atoms with Crippen LogP contribution in [0, 0.1) is 12.7 Å². The molecule has 0 aliphatic carbocycles. The van der Waals surface area contributed by atoms with Gasteiger partial charge in [-0.05, 0) is 38.7 Å². The van der Waals surface area contributed by atoms with Crippen LogP contribution in [0.25, 0.3) is 0 Å². The molecule has 1 N–H and O–H groups in total. The Kier molecular flexibility index (Phi) is 4.46. The molecule has 0 bridgehead atoms. The molecule has 108 valence electrons. The predicted molar refractivity (Wildman–Crippen MR) is 73.8 cm³/mol. The lowest BCUT2D eigenvalue weighted by atomic mass is 10.1. The number of aryl methyl sites for hydroxylation is 1. The van der Waals surface area contributed by atoms with Crippen LogP contribution in [0.1, 0.15) is 23.3 Å². The SMILES string of the molecule is Cc1nc(C(c2cccc(F)c2)N(C)C)n(CCO)n1. The third-order valence-corrected chi connectivity index (χ3v) is 3.04. The van der Waals surface area contributed by atoms with E-state index >= 15 is 0 Å². The zero-order valence-corrected chi connectivity index (χ0v) is 11.9. The average Bonchev–Trinajstić information content (AvgIpc) is 2.70. The fraction of sp³-hybridized carbons (Fsp3) is 0.429. The number of aliphatic hydroxyl groups excluding tert-OH is 1. The lowest BCUT2D eigenvalue weighted by Gasteiger charge is -2.24. The van der Waals surface area contributed by atoms with Gasteiger partial charge in [-0.2, -0.15) is 5.10 Å². The standard InChI is InChI=1S/C14H19FN4O/c1-10-16-14(19(17-10)7-8-20)13(18(2)3)11-5-4-6-12(15)9-11/h4-6,9,13,20H,7-8H2,1-3H3. The Morgan fingerprint density at radius 3 is 2.75 bits per heavy atom. The highest BCUT2D eigenvalue weighted by Crippen LogP contribution is 2.25. The number of rotatable bonds is 5. The molecule has 1 atom stereocenters. The molecule has 1 aromatic carbocycles. The fourth-order valence-corrected chi connectivity index (χ4v) is 2.29. The number of aliphatic hydroxyl groups is 1. The van der Waals surface area contributed by atoms with Gasteiger partial charge >= 0.3 is 0 Å². The predicted octanol–water partition coefficient (Wildman–Crippen LogP) is 1.37. The first kappa shape index (κ1) is 14.6. The number of hydrogen-bond donors (Lipinski definition) is 1. The summed E-state index contributed by atoms with van der Waals surface area (Å²) in [5.74, 6) is 1.06. The molecule has 1 aromatic heterocycles. The molecule has 1 heterocycles. The zero-order chi connectivity index (χ0) is 14.7. The van der Waals surface area contributed by atoms with E-state index < -0.39 is 0 Å². The molecule has 0 radical (unpaired) electrons. The molecule has 2 aromatic rings. The van der Waals surface area contributed by atoms with Gasteiger partial charge in [-0.25, -0.2) is 14.1 Å². The molecular formula is C14H19FN4O. The summed E-state index contributed by atoms with van der Waals surface area (Å²) in [5, 5.41) is 13.4. The average molecular weight is 278 g/mol. The molecule has 0 amide bonds. The molecule has 1 unspecified atom stereocenters. The smallest absolute Gasteiger partial charge is 0.149 e. The largest absolute Gasteiger partial charge is 0.394 e. The third-order valence-electron chi connectivity index (χ3n) is 3.04. The number of hydrogen-bond acceptors (Lipinski definition) is 4. The van der Waals surface area contributed by atoms with Crippen molar-refractivity contribution in [1.29, 1.82) is 0 Å². The topological polar surface area (TPSA) is 54.2 Å². The Hall–Kier alpha value is -1.79. The van der Waals surface area contributed by atoms with E-state index in [0.717, 1.165) is 5.56 Å². The second-order valence-corrected chi connectivity index (χ2v) is 4.89. The van der Waals surface area contributed by atoms with Gasteiger partial charge < -0.3 is 5.11 Å². The molecule has 5 nitrogen and oxygen atoms in total. The minimum atomic E-state index is -0.278. The molecule has 20 heavy (non-hydrogen) atoms. The Balaban J connectivity index is 2.48. The molecule has 6 heteroatoms. The van der Waals surface area contributed by atoms with Crippen LogP contribution in [0.5, 0.6) is 0 Å². The highest BCUT2D eigenvalue weighted by molar-refractivity contribution is 5.25. The van der Waals surface area contributed by atoms with E-state index in [1.54, 1.807) is 17.7 Å². The molecular weight excluding hydrogens is 259 g/mol. The lowest BCUT2D eigenvalue weighted by molar-refractivity contribution is 0.256. The van der Waals surface area contributed by atoms with Gasteiger partial charge in [0.2, 0.25) is 0 Å². The fourth-order valence-electron chi connectivity index (χ4n) is 2.29. The maximum absolute atomic E-state index is 13.5. The number of nitrogens with zero attached hydrogens (tertiary/aromatic N) is 4. The first-order chi connectivity index (χ1) is 9.52. The summed E-state index contributed by atoms with van der Waals surface area (Å²) < 4.78 is 15.1. The monoisotopic (exact) mass is 278 g/mol. The van der Waals surface area contributed by atoms with E-state index in [4.69, 9.17) is 5.11 Å². The van der Waals surface area contributed by atoms with Crippen molar-refractivity contribution in [2.45, 2.75) is 19.5 Å². The highest BCUT2D eigenvalue weighted by atomic mass is 19.1. The molecule has 0 aliphatic rings. The second-order valence-electron chi connectivity index (χ2n) is 4.89. The summed E-state index contributed by atoms with van der Waals surface area (Å²) in [6.07, 6.45) is 0. The Bertz CT molecular complexity index is 582. The zero-order valence-electron chi connectivity index (χ0n) is 11.9. The van der Waals surface area contributed by atoms with E-state index in [0.29, 0.717) is 18.2 Å². The molecule has 0 fully saturated rings. The van der Waals surface area contributed by atoms with Gasteiger partial charge in [-0.3, -0.25) is 4.90 Å². The Morgan fingerprint density at radius 2 is 2.15 bits per heavy atom. The van der Waals surface area contributed by atoms with Gasteiger partial charge in [-0.15, -0.1) is 0 Å². The summed E-state index contributed by atoms with van der Waals surface area (Å²) in [6.45, 7) is 2.16.